The maximum atomic E-state index is 13.0. The van der Waals surface area contributed by atoms with E-state index in [-0.39, 0.29) is 12.5 Å². The van der Waals surface area contributed by atoms with Crippen LogP contribution in [0.3, 0.4) is 0 Å². The van der Waals surface area contributed by atoms with Gasteiger partial charge in [0, 0.05) is 6.42 Å². The molecule has 0 aliphatic carbocycles. The van der Waals surface area contributed by atoms with Gasteiger partial charge in [0.1, 0.15) is 24.4 Å². The van der Waals surface area contributed by atoms with Gasteiger partial charge in [0.25, 0.3) is 0 Å². The zero-order valence-corrected chi connectivity index (χ0v) is 46.4. The number of ether oxygens (including phenoxy) is 2. The summed E-state index contributed by atoms with van der Waals surface area (Å²) in [5.74, 6) is -0.176. The van der Waals surface area contributed by atoms with E-state index >= 15 is 0 Å². The Hall–Kier alpha value is -2.37. The van der Waals surface area contributed by atoms with Gasteiger partial charge in [-0.15, -0.1) is 0 Å². The summed E-state index contributed by atoms with van der Waals surface area (Å²) in [5.41, 5.74) is 0. The van der Waals surface area contributed by atoms with Crippen LogP contribution in [-0.2, 0) is 14.3 Å². The second-order valence-electron chi connectivity index (χ2n) is 20.8. The number of amides is 1. The van der Waals surface area contributed by atoms with E-state index in [9.17, 15) is 30.3 Å². The van der Waals surface area contributed by atoms with E-state index in [4.69, 9.17) is 9.47 Å². The Morgan fingerprint density at radius 3 is 1.28 bits per heavy atom. The topological polar surface area (TPSA) is 149 Å². The average molecular weight is 1010 g/mol. The first kappa shape index (κ1) is 67.6. The van der Waals surface area contributed by atoms with Gasteiger partial charge in [-0.25, -0.2) is 0 Å². The van der Waals surface area contributed by atoms with Crippen LogP contribution in [0.15, 0.2) is 72.9 Å². The predicted octanol–water partition coefficient (Wildman–Crippen LogP) is 15.2. The Kier molecular flexibility index (Phi) is 48.9. The molecule has 9 nitrogen and oxygen atoms in total. The van der Waals surface area contributed by atoms with Crippen LogP contribution < -0.4 is 5.32 Å². The van der Waals surface area contributed by atoms with Gasteiger partial charge in [-0.05, 0) is 64.2 Å². The number of nitrogens with one attached hydrogen (secondary N) is 1. The molecule has 1 aliphatic heterocycles. The van der Waals surface area contributed by atoms with E-state index in [0.29, 0.717) is 6.42 Å². The van der Waals surface area contributed by atoms with E-state index in [2.05, 4.69) is 79.9 Å². The van der Waals surface area contributed by atoms with E-state index in [1.807, 2.05) is 6.08 Å². The molecule has 7 unspecified atom stereocenters. The lowest BCUT2D eigenvalue weighted by atomic mass is 9.99. The zero-order valence-electron chi connectivity index (χ0n) is 46.4. The van der Waals surface area contributed by atoms with Crippen molar-refractivity contribution >= 4 is 5.91 Å². The molecule has 1 amide bonds. The first-order valence-corrected chi connectivity index (χ1v) is 30.2. The van der Waals surface area contributed by atoms with Crippen LogP contribution in [-0.4, -0.2) is 87.5 Å². The van der Waals surface area contributed by atoms with Crippen LogP contribution >= 0.6 is 0 Å². The molecule has 1 saturated heterocycles. The van der Waals surface area contributed by atoms with Crippen molar-refractivity contribution in [2.24, 2.45) is 0 Å². The van der Waals surface area contributed by atoms with Gasteiger partial charge in [0.15, 0.2) is 6.29 Å². The van der Waals surface area contributed by atoms with Crippen molar-refractivity contribution in [1.29, 1.82) is 0 Å². The monoisotopic (exact) mass is 1010 g/mol. The summed E-state index contributed by atoms with van der Waals surface area (Å²) < 4.78 is 11.2. The normalized spacial score (nSPS) is 19.7. The maximum absolute atomic E-state index is 13.0. The van der Waals surface area contributed by atoms with Gasteiger partial charge >= 0.3 is 0 Å². The highest BCUT2D eigenvalue weighted by Gasteiger charge is 2.44. The van der Waals surface area contributed by atoms with E-state index in [1.165, 1.54) is 173 Å². The molecule has 9 heteroatoms. The van der Waals surface area contributed by atoms with Crippen molar-refractivity contribution in [3.63, 3.8) is 0 Å². The molecule has 0 saturated carbocycles. The highest BCUT2D eigenvalue weighted by atomic mass is 16.7. The Morgan fingerprint density at radius 1 is 0.486 bits per heavy atom. The summed E-state index contributed by atoms with van der Waals surface area (Å²) in [6.45, 7) is 3.65. The summed E-state index contributed by atoms with van der Waals surface area (Å²) in [7, 11) is 0. The highest BCUT2D eigenvalue weighted by molar-refractivity contribution is 5.76. The first-order chi connectivity index (χ1) is 35.3. The molecule has 0 aromatic carbocycles. The Morgan fingerprint density at radius 2 is 0.861 bits per heavy atom. The van der Waals surface area contributed by atoms with Crippen LogP contribution in [0.2, 0.25) is 0 Å². The molecule has 0 aromatic rings. The minimum atomic E-state index is -1.57. The molecule has 1 heterocycles. The smallest absolute Gasteiger partial charge is 0.220 e. The van der Waals surface area contributed by atoms with E-state index < -0.39 is 49.5 Å². The number of aliphatic hydroxyl groups is 5. The number of hydrogen-bond acceptors (Lipinski definition) is 8. The van der Waals surface area contributed by atoms with Gasteiger partial charge in [-0.3, -0.25) is 4.79 Å². The van der Waals surface area contributed by atoms with Crippen LogP contribution in [0.1, 0.15) is 264 Å². The summed E-state index contributed by atoms with van der Waals surface area (Å²) >= 11 is 0. The number of aliphatic hydroxyl groups excluding tert-OH is 5. The number of allylic oxidation sites excluding steroid dienone is 11. The number of unbranched alkanes of at least 4 members (excludes halogenated alkanes) is 31. The van der Waals surface area contributed by atoms with Crippen molar-refractivity contribution in [3.05, 3.63) is 72.9 Å². The summed E-state index contributed by atoms with van der Waals surface area (Å²) in [5, 5.41) is 54.3. The minimum absolute atomic E-state index is 0.176. The predicted molar refractivity (Wildman–Crippen MR) is 304 cm³/mol. The maximum Gasteiger partial charge on any atom is 0.220 e. The quantitative estimate of drug-likeness (QED) is 0.0261. The number of carbonyl (C=O) groups excluding carboxylic acids is 1. The van der Waals surface area contributed by atoms with Gasteiger partial charge in [0.05, 0.1) is 25.4 Å². The molecule has 1 aliphatic rings. The number of rotatable bonds is 51. The molecule has 72 heavy (non-hydrogen) atoms. The standard InChI is InChI=1S/C63H113NO8/c1-3-5-7-9-11-13-15-16-17-18-19-20-21-22-23-24-25-26-27-28-29-30-31-32-33-34-35-36-37-38-39-40-41-42-43-45-47-49-51-53-59(67)64-56(55-71-63-62(70)61(69)60(68)58(54-65)72-63)57(66)52-50-48-46-44-14-12-10-8-6-4-2/h5,7,11,13,16-17,19-20,22-23,50,52,56-58,60-63,65-66,68-70H,3-4,6,8-10,12,14-15,18,21,24-49,51,53-55H2,1-2H3,(H,64,67)/b7-5-,13-11-,17-16-,20-19-,23-22-,52-50+. The van der Waals surface area contributed by atoms with E-state index in [1.54, 1.807) is 6.08 Å². The number of carbonyl (C=O) groups is 1. The van der Waals surface area contributed by atoms with Crippen molar-refractivity contribution in [3.8, 4) is 0 Å². The molecule has 0 bridgehead atoms. The lowest BCUT2D eigenvalue weighted by Gasteiger charge is -2.40. The third-order valence-electron chi connectivity index (χ3n) is 14.0. The lowest BCUT2D eigenvalue weighted by Crippen LogP contribution is -2.60. The fourth-order valence-corrected chi connectivity index (χ4v) is 9.30. The summed E-state index contributed by atoms with van der Waals surface area (Å²) in [4.78, 5) is 13.0. The van der Waals surface area contributed by atoms with Crippen LogP contribution in [0.25, 0.3) is 0 Å². The molecule has 7 atom stereocenters. The SMILES string of the molecule is CC/C=C\C/C=C\C/C=C\C/C=C\C/C=C\CCCCCCCCCCCCCCCCCCCCCCCCCC(=O)NC(COC1OC(CO)C(O)C(O)C1O)C(O)/C=C/CCCCCCCCCC. The first-order valence-electron chi connectivity index (χ1n) is 30.2. The Balaban J connectivity index is 2.02. The fraction of sp³-hybridized carbons (Fsp3) is 0.794. The van der Waals surface area contributed by atoms with Crippen molar-refractivity contribution in [2.45, 2.75) is 307 Å². The summed E-state index contributed by atoms with van der Waals surface area (Å²) in [6.07, 6.45) is 65.8. The molecule has 0 aromatic heterocycles. The lowest BCUT2D eigenvalue weighted by molar-refractivity contribution is -0.302. The Bertz CT molecular complexity index is 1360. The molecular formula is C63H113NO8. The molecular weight excluding hydrogens is 899 g/mol. The molecule has 6 N–H and O–H groups in total. The van der Waals surface area contributed by atoms with Crippen LogP contribution in [0, 0.1) is 0 Å². The van der Waals surface area contributed by atoms with Crippen molar-refractivity contribution in [1.82, 2.24) is 5.32 Å². The van der Waals surface area contributed by atoms with E-state index in [0.717, 1.165) is 70.6 Å². The summed E-state index contributed by atoms with van der Waals surface area (Å²) in [6, 6.07) is -0.803. The molecule has 418 valence electrons. The van der Waals surface area contributed by atoms with Gasteiger partial charge in [-0.2, -0.15) is 0 Å². The average Bonchev–Trinajstić information content (AvgIpc) is 3.38. The van der Waals surface area contributed by atoms with Crippen LogP contribution in [0.5, 0.6) is 0 Å². The largest absolute Gasteiger partial charge is 0.394 e. The molecule has 1 rings (SSSR count). The minimum Gasteiger partial charge on any atom is -0.394 e. The van der Waals surface area contributed by atoms with Crippen molar-refractivity contribution in [2.75, 3.05) is 13.2 Å². The molecule has 0 radical (unpaired) electrons. The van der Waals surface area contributed by atoms with Gasteiger partial charge in [-0.1, -0.05) is 267 Å². The zero-order chi connectivity index (χ0) is 52.2. The molecule has 1 fully saturated rings. The Labute approximate surface area is 442 Å². The second-order valence-corrected chi connectivity index (χ2v) is 20.8. The number of hydrogen-bond donors (Lipinski definition) is 6. The molecule has 0 spiro atoms. The fourth-order valence-electron chi connectivity index (χ4n) is 9.30. The van der Waals surface area contributed by atoms with Crippen molar-refractivity contribution < 1.29 is 39.8 Å². The van der Waals surface area contributed by atoms with Gasteiger partial charge in [0.2, 0.25) is 5.91 Å². The highest BCUT2D eigenvalue weighted by Crippen LogP contribution is 2.23. The van der Waals surface area contributed by atoms with Crippen LogP contribution in [0.4, 0.5) is 0 Å². The third-order valence-corrected chi connectivity index (χ3v) is 14.0. The van der Waals surface area contributed by atoms with Gasteiger partial charge < -0.3 is 40.3 Å². The third kappa shape index (κ3) is 40.9. The second kappa shape index (κ2) is 52.1.